The molecule has 0 amide bonds. The van der Waals surface area contributed by atoms with Crippen molar-refractivity contribution in [2.45, 2.75) is 4.90 Å². The van der Waals surface area contributed by atoms with Crippen molar-refractivity contribution in [3.8, 4) is 0 Å². The predicted molar refractivity (Wildman–Crippen MR) is 75.1 cm³/mol. The van der Waals surface area contributed by atoms with Crippen molar-refractivity contribution >= 4 is 21.4 Å². The maximum absolute atomic E-state index is 13.6. The SMILES string of the molecule is CN(c1ccc([N+](=O)[O-])cc1)S(=O)(=O)c1ccccc1F. The number of halogens is 1. The third-order valence-electron chi connectivity index (χ3n) is 2.90. The number of benzene rings is 2. The van der Waals surface area contributed by atoms with Gasteiger partial charge in [0.25, 0.3) is 15.7 Å². The van der Waals surface area contributed by atoms with Crippen molar-refractivity contribution in [2.24, 2.45) is 0 Å². The molecule has 0 unspecified atom stereocenters. The summed E-state index contributed by atoms with van der Waals surface area (Å²) in [5.41, 5.74) is 0.0410. The van der Waals surface area contributed by atoms with Gasteiger partial charge in [-0.3, -0.25) is 14.4 Å². The van der Waals surface area contributed by atoms with Crippen LogP contribution in [0.5, 0.6) is 0 Å². The van der Waals surface area contributed by atoms with Crippen LogP contribution < -0.4 is 4.31 Å². The number of hydrogen-bond donors (Lipinski definition) is 0. The Morgan fingerprint density at radius 3 is 2.19 bits per heavy atom. The summed E-state index contributed by atoms with van der Waals surface area (Å²) in [6.45, 7) is 0. The van der Waals surface area contributed by atoms with E-state index in [4.69, 9.17) is 0 Å². The van der Waals surface area contributed by atoms with Crippen LogP contribution in [0.2, 0.25) is 0 Å². The number of nitrogens with zero attached hydrogens (tertiary/aromatic N) is 2. The summed E-state index contributed by atoms with van der Waals surface area (Å²) in [7, 11) is -2.81. The maximum atomic E-state index is 13.6. The van der Waals surface area contributed by atoms with E-state index in [-0.39, 0.29) is 11.4 Å². The second kappa shape index (κ2) is 5.49. The Balaban J connectivity index is 2.41. The molecule has 0 radical (unpaired) electrons. The van der Waals surface area contributed by atoms with Gasteiger partial charge in [0.15, 0.2) is 0 Å². The first-order valence-electron chi connectivity index (χ1n) is 5.82. The quantitative estimate of drug-likeness (QED) is 0.642. The Labute approximate surface area is 120 Å². The van der Waals surface area contributed by atoms with Gasteiger partial charge < -0.3 is 0 Å². The first-order chi connectivity index (χ1) is 9.84. The molecule has 0 heterocycles. The molecule has 0 spiro atoms. The normalized spacial score (nSPS) is 11.1. The number of anilines is 1. The zero-order valence-corrected chi connectivity index (χ0v) is 11.7. The Hall–Kier alpha value is -2.48. The molecule has 6 nitrogen and oxygen atoms in total. The summed E-state index contributed by atoms with van der Waals surface area (Å²) in [4.78, 5) is 9.53. The lowest BCUT2D eigenvalue weighted by Crippen LogP contribution is -2.27. The monoisotopic (exact) mass is 310 g/mol. The highest BCUT2D eigenvalue weighted by Gasteiger charge is 2.24. The number of sulfonamides is 1. The molecule has 0 saturated heterocycles. The van der Waals surface area contributed by atoms with Crippen LogP contribution in [0.15, 0.2) is 53.4 Å². The highest BCUT2D eigenvalue weighted by Crippen LogP contribution is 2.25. The van der Waals surface area contributed by atoms with E-state index in [0.29, 0.717) is 0 Å². The molecular formula is C13H11FN2O4S. The van der Waals surface area contributed by atoms with Crippen molar-refractivity contribution in [3.05, 3.63) is 64.5 Å². The lowest BCUT2D eigenvalue weighted by Gasteiger charge is -2.19. The summed E-state index contributed by atoms with van der Waals surface area (Å²) >= 11 is 0. The molecule has 0 bridgehead atoms. The minimum Gasteiger partial charge on any atom is -0.269 e. The van der Waals surface area contributed by atoms with Crippen molar-refractivity contribution < 1.29 is 17.7 Å². The van der Waals surface area contributed by atoms with Crippen molar-refractivity contribution in [2.75, 3.05) is 11.4 Å². The Kier molecular flexibility index (Phi) is 3.90. The van der Waals surface area contributed by atoms with Crippen LogP contribution in [0.4, 0.5) is 15.8 Å². The van der Waals surface area contributed by atoms with E-state index in [1.54, 1.807) is 0 Å². The minimum atomic E-state index is -4.07. The molecule has 2 aromatic rings. The second-order valence-electron chi connectivity index (χ2n) is 4.18. The third-order valence-corrected chi connectivity index (χ3v) is 4.72. The van der Waals surface area contributed by atoms with Crippen LogP contribution in [0.3, 0.4) is 0 Å². The molecule has 0 atom stereocenters. The van der Waals surface area contributed by atoms with E-state index in [2.05, 4.69) is 0 Å². The lowest BCUT2D eigenvalue weighted by molar-refractivity contribution is -0.384. The smallest absolute Gasteiger partial charge is 0.269 e. The fourth-order valence-corrected chi connectivity index (χ4v) is 2.98. The van der Waals surface area contributed by atoms with Crippen molar-refractivity contribution in [1.82, 2.24) is 0 Å². The molecule has 0 aliphatic rings. The summed E-state index contributed by atoms with van der Waals surface area (Å²) in [6.07, 6.45) is 0. The maximum Gasteiger partial charge on any atom is 0.269 e. The van der Waals surface area contributed by atoms with E-state index >= 15 is 0 Å². The number of hydrogen-bond acceptors (Lipinski definition) is 4. The van der Waals surface area contributed by atoms with E-state index < -0.39 is 25.7 Å². The minimum absolute atomic E-state index is 0.157. The molecule has 0 aromatic heterocycles. The van der Waals surface area contributed by atoms with Crippen LogP contribution in [0.1, 0.15) is 0 Å². The highest BCUT2D eigenvalue weighted by atomic mass is 32.2. The topological polar surface area (TPSA) is 80.5 Å². The zero-order chi connectivity index (χ0) is 15.6. The standard InChI is InChI=1S/C13H11FN2O4S/c1-15(10-6-8-11(9-7-10)16(17)18)21(19,20)13-5-3-2-4-12(13)14/h2-9H,1H3. The zero-order valence-electron chi connectivity index (χ0n) is 10.9. The molecule has 0 saturated carbocycles. The van der Waals surface area contributed by atoms with E-state index in [1.165, 1.54) is 43.4 Å². The fraction of sp³-hybridized carbons (Fsp3) is 0.0769. The van der Waals surface area contributed by atoms with Gasteiger partial charge in [-0.05, 0) is 24.3 Å². The Morgan fingerprint density at radius 1 is 1.10 bits per heavy atom. The van der Waals surface area contributed by atoms with Gasteiger partial charge in [0.1, 0.15) is 10.7 Å². The molecule has 0 N–H and O–H groups in total. The second-order valence-corrected chi connectivity index (χ2v) is 6.11. The van der Waals surface area contributed by atoms with Crippen LogP contribution in [-0.2, 0) is 10.0 Å². The number of nitro groups is 1. The summed E-state index contributed by atoms with van der Waals surface area (Å²) in [6, 6.07) is 9.96. The third kappa shape index (κ3) is 2.84. The molecule has 110 valence electrons. The molecule has 2 aromatic carbocycles. The van der Waals surface area contributed by atoms with Crippen LogP contribution in [0.25, 0.3) is 0 Å². The van der Waals surface area contributed by atoms with Gasteiger partial charge in [-0.1, -0.05) is 12.1 Å². The molecule has 0 aliphatic carbocycles. The first kappa shape index (κ1) is 14.9. The van der Waals surface area contributed by atoms with Crippen molar-refractivity contribution in [1.29, 1.82) is 0 Å². The predicted octanol–water partition coefficient (Wildman–Crippen LogP) is 2.56. The molecule has 0 aliphatic heterocycles. The van der Waals surface area contributed by atoms with Gasteiger partial charge in [0.05, 0.1) is 10.6 Å². The molecule has 2 rings (SSSR count). The lowest BCUT2D eigenvalue weighted by atomic mass is 10.3. The van der Waals surface area contributed by atoms with Gasteiger partial charge in [-0.2, -0.15) is 0 Å². The largest absolute Gasteiger partial charge is 0.269 e. The van der Waals surface area contributed by atoms with Crippen LogP contribution in [0, 0.1) is 15.9 Å². The molecular weight excluding hydrogens is 299 g/mol. The van der Waals surface area contributed by atoms with Gasteiger partial charge in [-0.15, -0.1) is 0 Å². The average Bonchev–Trinajstić information content (AvgIpc) is 2.46. The van der Waals surface area contributed by atoms with E-state index in [9.17, 15) is 22.9 Å². The van der Waals surface area contributed by atoms with Crippen LogP contribution >= 0.6 is 0 Å². The van der Waals surface area contributed by atoms with E-state index in [1.807, 2.05) is 0 Å². The van der Waals surface area contributed by atoms with Gasteiger partial charge in [0.2, 0.25) is 0 Å². The molecule has 21 heavy (non-hydrogen) atoms. The van der Waals surface area contributed by atoms with E-state index in [0.717, 1.165) is 16.4 Å². The number of nitro benzene ring substituents is 1. The fourth-order valence-electron chi connectivity index (χ4n) is 1.72. The average molecular weight is 310 g/mol. The summed E-state index contributed by atoms with van der Waals surface area (Å²) in [5.74, 6) is -0.855. The molecule has 0 fully saturated rings. The molecule has 8 heteroatoms. The highest BCUT2D eigenvalue weighted by molar-refractivity contribution is 7.92. The van der Waals surface area contributed by atoms with Crippen molar-refractivity contribution in [3.63, 3.8) is 0 Å². The summed E-state index contributed by atoms with van der Waals surface area (Å²) in [5, 5.41) is 10.6. The number of non-ortho nitro benzene ring substituents is 1. The van der Waals surface area contributed by atoms with Gasteiger partial charge in [-0.25, -0.2) is 12.8 Å². The van der Waals surface area contributed by atoms with Gasteiger partial charge >= 0.3 is 0 Å². The Bertz CT molecular complexity index is 775. The van der Waals surface area contributed by atoms with Gasteiger partial charge in [0, 0.05) is 19.2 Å². The Morgan fingerprint density at radius 2 is 1.67 bits per heavy atom. The summed E-state index contributed by atoms with van der Waals surface area (Å²) < 4.78 is 39.2. The van der Waals surface area contributed by atoms with Crippen LogP contribution in [-0.4, -0.2) is 20.4 Å². The number of rotatable bonds is 4. The first-order valence-corrected chi connectivity index (χ1v) is 7.26.